The van der Waals surface area contributed by atoms with Crippen LogP contribution in [0.4, 0.5) is 5.69 Å². The fourth-order valence-corrected chi connectivity index (χ4v) is 3.64. The second-order valence-electron chi connectivity index (χ2n) is 7.10. The summed E-state index contributed by atoms with van der Waals surface area (Å²) in [6, 6.07) is 20.6. The van der Waals surface area contributed by atoms with Gasteiger partial charge in [-0.05, 0) is 30.3 Å². The number of amides is 2. The average Bonchev–Trinajstić information content (AvgIpc) is 3.30. The molecule has 1 N–H and O–H groups in total. The van der Waals surface area contributed by atoms with Crippen LogP contribution in [0.15, 0.2) is 85.7 Å². The monoisotopic (exact) mass is 394 g/mol. The van der Waals surface area contributed by atoms with Gasteiger partial charge in [-0.3, -0.25) is 14.5 Å². The zero-order valence-corrected chi connectivity index (χ0v) is 16.1. The number of anilines is 1. The Morgan fingerprint density at radius 3 is 2.43 bits per heavy atom. The molecule has 2 aromatic carbocycles. The third-order valence-corrected chi connectivity index (χ3v) is 5.17. The van der Waals surface area contributed by atoms with Crippen molar-refractivity contribution in [2.75, 3.05) is 11.9 Å². The van der Waals surface area contributed by atoms with Crippen molar-refractivity contribution in [2.24, 2.45) is 0 Å². The lowest BCUT2D eigenvalue weighted by atomic mass is 10.1. The van der Waals surface area contributed by atoms with E-state index in [2.05, 4.69) is 16.9 Å². The van der Waals surface area contributed by atoms with Crippen LogP contribution < -0.4 is 5.32 Å². The molecule has 0 radical (unpaired) electrons. The van der Waals surface area contributed by atoms with Gasteiger partial charge in [-0.1, -0.05) is 43.0 Å². The lowest BCUT2D eigenvalue weighted by Gasteiger charge is -2.17. The molecule has 2 aromatic heterocycles. The van der Waals surface area contributed by atoms with Crippen LogP contribution in [0.2, 0.25) is 0 Å². The zero-order chi connectivity index (χ0) is 20.7. The number of carbonyl (C=O) groups excluding carboxylic acids is 2. The zero-order valence-electron chi connectivity index (χ0n) is 16.1. The van der Waals surface area contributed by atoms with E-state index in [1.165, 1.54) is 4.90 Å². The van der Waals surface area contributed by atoms with Crippen molar-refractivity contribution in [3.8, 4) is 11.3 Å². The first-order chi connectivity index (χ1) is 14.6. The van der Waals surface area contributed by atoms with Crippen LogP contribution in [-0.2, 0) is 4.79 Å². The summed E-state index contributed by atoms with van der Waals surface area (Å²) in [5.74, 6) is -0.481. The molecule has 30 heavy (non-hydrogen) atoms. The molecule has 0 aliphatic carbocycles. The highest BCUT2D eigenvalue weighted by molar-refractivity contribution is 6.11. The number of nitrogens with zero attached hydrogens (tertiary/aromatic N) is 3. The fourth-order valence-electron chi connectivity index (χ4n) is 3.64. The number of fused-ring (bicyclic) bond motifs is 2. The van der Waals surface area contributed by atoms with E-state index in [1.54, 1.807) is 12.1 Å². The lowest BCUT2D eigenvalue weighted by molar-refractivity contribution is -0.116. The van der Waals surface area contributed by atoms with Crippen molar-refractivity contribution in [2.45, 2.75) is 0 Å². The summed E-state index contributed by atoms with van der Waals surface area (Å²) < 4.78 is 1.96. The van der Waals surface area contributed by atoms with E-state index in [0.717, 1.165) is 22.5 Å². The van der Waals surface area contributed by atoms with Crippen LogP contribution in [0.25, 0.3) is 22.6 Å². The van der Waals surface area contributed by atoms with Crippen molar-refractivity contribution in [1.29, 1.82) is 0 Å². The maximum atomic E-state index is 12.5. The molecule has 3 heterocycles. The number of carbonyl (C=O) groups is 2. The number of hydrogen-bond donors (Lipinski definition) is 1. The van der Waals surface area contributed by atoms with Crippen LogP contribution in [0, 0.1) is 0 Å². The summed E-state index contributed by atoms with van der Waals surface area (Å²) >= 11 is 0. The Bertz CT molecular complexity index is 1240. The molecule has 1 aliphatic heterocycles. The quantitative estimate of drug-likeness (QED) is 0.567. The topological polar surface area (TPSA) is 66.7 Å². The fraction of sp³-hybridized carbons (Fsp3) is 0.0417. The van der Waals surface area contributed by atoms with Crippen molar-refractivity contribution < 1.29 is 9.59 Å². The van der Waals surface area contributed by atoms with E-state index in [0.29, 0.717) is 16.9 Å². The summed E-state index contributed by atoms with van der Waals surface area (Å²) in [4.78, 5) is 31.1. The highest BCUT2D eigenvalue weighted by Crippen LogP contribution is 2.31. The normalized spacial score (nSPS) is 13.0. The van der Waals surface area contributed by atoms with Gasteiger partial charge in [-0.15, -0.1) is 0 Å². The lowest BCUT2D eigenvalue weighted by Crippen LogP contribution is -2.32. The van der Waals surface area contributed by atoms with Crippen molar-refractivity contribution in [3.05, 3.63) is 96.8 Å². The molecule has 0 atom stereocenters. The molecule has 5 rings (SSSR count). The molecular formula is C24H18N4O2. The van der Waals surface area contributed by atoms with Gasteiger partial charge in [0.25, 0.3) is 5.91 Å². The minimum absolute atomic E-state index is 0.0828. The van der Waals surface area contributed by atoms with Crippen LogP contribution in [-0.4, -0.2) is 32.6 Å². The summed E-state index contributed by atoms with van der Waals surface area (Å²) in [5.41, 5.74) is 5.24. The van der Waals surface area contributed by atoms with Gasteiger partial charge < -0.3 is 9.72 Å². The second-order valence-corrected chi connectivity index (χ2v) is 7.10. The summed E-state index contributed by atoms with van der Waals surface area (Å²) in [6.45, 7) is 3.88. The minimum atomic E-state index is -0.280. The highest BCUT2D eigenvalue weighted by Gasteiger charge is 2.31. The first-order valence-electron chi connectivity index (χ1n) is 9.54. The maximum absolute atomic E-state index is 12.5. The van der Waals surface area contributed by atoms with E-state index in [-0.39, 0.29) is 18.4 Å². The van der Waals surface area contributed by atoms with Gasteiger partial charge in [0.1, 0.15) is 12.2 Å². The van der Waals surface area contributed by atoms with Gasteiger partial charge in [-0.2, -0.15) is 0 Å². The Balaban J connectivity index is 1.28. The highest BCUT2D eigenvalue weighted by atomic mass is 16.2. The van der Waals surface area contributed by atoms with Gasteiger partial charge in [0.15, 0.2) is 0 Å². The number of benzene rings is 2. The molecule has 146 valence electrons. The van der Waals surface area contributed by atoms with E-state index in [4.69, 9.17) is 0 Å². The third kappa shape index (κ3) is 3.04. The van der Waals surface area contributed by atoms with Crippen molar-refractivity contribution in [3.63, 3.8) is 0 Å². The number of pyridine rings is 1. The van der Waals surface area contributed by atoms with Crippen LogP contribution in [0.5, 0.6) is 0 Å². The van der Waals surface area contributed by atoms with E-state index in [1.807, 2.05) is 71.4 Å². The first-order valence-corrected chi connectivity index (χ1v) is 9.54. The molecule has 4 aromatic rings. The van der Waals surface area contributed by atoms with Gasteiger partial charge in [0.05, 0.1) is 5.69 Å². The molecule has 2 amide bonds. The average molecular weight is 394 g/mol. The third-order valence-electron chi connectivity index (χ3n) is 5.17. The van der Waals surface area contributed by atoms with Crippen molar-refractivity contribution in [1.82, 2.24) is 14.3 Å². The molecule has 6 heteroatoms. The second kappa shape index (κ2) is 7.00. The van der Waals surface area contributed by atoms with Gasteiger partial charge >= 0.3 is 0 Å². The molecule has 1 aliphatic rings. The molecule has 0 saturated carbocycles. The number of hydrogen-bond acceptors (Lipinski definition) is 3. The van der Waals surface area contributed by atoms with Gasteiger partial charge in [0.2, 0.25) is 5.91 Å². The standard InChI is InChI=1S/C24H18N4O2/c1-16-19-6-2-3-7-20(19)24(30)28(16)15-23(29)25-18-11-9-17(10-12-18)21-14-27-13-5-4-8-22(27)26-21/h2-14H,1,15H2,(H,25,29). The molecule has 0 saturated heterocycles. The predicted octanol–water partition coefficient (Wildman–Crippen LogP) is 4.07. The predicted molar refractivity (Wildman–Crippen MR) is 116 cm³/mol. The Hall–Kier alpha value is -4.19. The summed E-state index contributed by atoms with van der Waals surface area (Å²) in [7, 11) is 0. The molecular weight excluding hydrogens is 376 g/mol. The maximum Gasteiger partial charge on any atom is 0.259 e. The molecule has 0 spiro atoms. The number of nitrogens with one attached hydrogen (secondary N) is 1. The first kappa shape index (κ1) is 17.9. The smallest absolute Gasteiger partial charge is 0.259 e. The summed E-state index contributed by atoms with van der Waals surface area (Å²) in [5, 5.41) is 2.84. The van der Waals surface area contributed by atoms with E-state index in [9.17, 15) is 9.59 Å². The minimum Gasteiger partial charge on any atom is -0.325 e. The van der Waals surface area contributed by atoms with Gasteiger partial charge in [-0.25, -0.2) is 4.98 Å². The number of aromatic nitrogens is 2. The number of imidazole rings is 1. The molecule has 0 fully saturated rings. The van der Waals surface area contributed by atoms with Crippen LogP contribution >= 0.6 is 0 Å². The Labute approximate surface area is 173 Å². The van der Waals surface area contributed by atoms with Crippen LogP contribution in [0.3, 0.4) is 0 Å². The molecule has 0 unspecified atom stereocenters. The van der Waals surface area contributed by atoms with Crippen LogP contribution in [0.1, 0.15) is 15.9 Å². The molecule has 6 nitrogen and oxygen atoms in total. The largest absolute Gasteiger partial charge is 0.325 e. The number of rotatable bonds is 4. The Kier molecular flexibility index (Phi) is 4.17. The Morgan fingerprint density at radius 1 is 0.967 bits per heavy atom. The SMILES string of the molecule is C=C1c2ccccc2C(=O)N1CC(=O)Nc1ccc(-c2cn3ccccc3n2)cc1. The Morgan fingerprint density at radius 2 is 1.70 bits per heavy atom. The van der Waals surface area contributed by atoms with E-state index >= 15 is 0 Å². The van der Waals surface area contributed by atoms with Crippen molar-refractivity contribution >= 4 is 28.8 Å². The van der Waals surface area contributed by atoms with E-state index < -0.39 is 0 Å². The molecule has 0 bridgehead atoms. The summed E-state index contributed by atoms with van der Waals surface area (Å²) in [6.07, 6.45) is 3.91. The van der Waals surface area contributed by atoms with Gasteiger partial charge in [0, 0.05) is 40.5 Å².